The molecular weight excluding hydrogens is 428 g/mol. The van der Waals surface area contributed by atoms with Crippen LogP contribution in [-0.2, 0) is 0 Å². The molecule has 34 heavy (non-hydrogen) atoms. The van der Waals surface area contributed by atoms with Gasteiger partial charge in [0.2, 0.25) is 0 Å². The van der Waals surface area contributed by atoms with Crippen molar-refractivity contribution in [3.63, 3.8) is 0 Å². The summed E-state index contributed by atoms with van der Waals surface area (Å²) in [5, 5.41) is 20.9. The molecule has 2 aromatic heterocycles. The number of rotatable bonds is 4. The zero-order valence-electron chi connectivity index (χ0n) is 18.5. The van der Waals surface area contributed by atoms with Gasteiger partial charge in [0, 0.05) is 21.9 Å². The Hall–Kier alpha value is -4.58. The van der Waals surface area contributed by atoms with Gasteiger partial charge in [0.05, 0.1) is 33.5 Å². The van der Waals surface area contributed by atoms with Crippen molar-refractivity contribution in [2.24, 2.45) is 0 Å². The number of hydrogen-bond donors (Lipinski definition) is 2. The smallest absolute Gasteiger partial charge is 0.336 e. The first-order valence-electron chi connectivity index (χ1n) is 10.7. The molecule has 0 fully saturated rings. The highest BCUT2D eigenvalue weighted by atomic mass is 16.4. The van der Waals surface area contributed by atoms with Crippen LogP contribution in [-0.4, -0.2) is 32.1 Å². The van der Waals surface area contributed by atoms with Crippen molar-refractivity contribution < 1.29 is 19.8 Å². The van der Waals surface area contributed by atoms with Gasteiger partial charge in [0.25, 0.3) is 0 Å². The quantitative estimate of drug-likeness (QED) is 0.321. The van der Waals surface area contributed by atoms with Gasteiger partial charge in [0.15, 0.2) is 0 Å². The van der Waals surface area contributed by atoms with E-state index in [2.05, 4.69) is 0 Å². The number of aromatic nitrogens is 2. The average Bonchev–Trinajstić information content (AvgIpc) is 2.83. The maximum absolute atomic E-state index is 12.3. The molecule has 0 aliphatic carbocycles. The highest BCUT2D eigenvalue weighted by molar-refractivity contribution is 6.13. The predicted molar refractivity (Wildman–Crippen MR) is 131 cm³/mol. The van der Waals surface area contributed by atoms with Crippen molar-refractivity contribution in [3.05, 3.63) is 95.1 Å². The van der Waals surface area contributed by atoms with Gasteiger partial charge in [-0.2, -0.15) is 0 Å². The first-order valence-corrected chi connectivity index (χ1v) is 10.7. The zero-order valence-corrected chi connectivity index (χ0v) is 18.5. The van der Waals surface area contributed by atoms with E-state index in [-0.39, 0.29) is 11.1 Å². The molecule has 0 saturated heterocycles. The normalized spacial score (nSPS) is 11.1. The van der Waals surface area contributed by atoms with E-state index in [9.17, 15) is 19.8 Å². The highest BCUT2D eigenvalue weighted by Crippen LogP contribution is 2.35. The van der Waals surface area contributed by atoms with E-state index in [1.54, 1.807) is 26.0 Å². The second-order valence-corrected chi connectivity index (χ2v) is 8.15. The summed E-state index contributed by atoms with van der Waals surface area (Å²) in [7, 11) is 0. The topological polar surface area (TPSA) is 100 Å². The Bertz CT molecular complexity index is 1490. The number of hydrogen-bond acceptors (Lipinski definition) is 4. The van der Waals surface area contributed by atoms with Crippen LogP contribution >= 0.6 is 0 Å². The lowest BCUT2D eigenvalue weighted by molar-refractivity contribution is 0.0687. The van der Waals surface area contributed by atoms with Gasteiger partial charge < -0.3 is 10.2 Å². The third-order valence-corrected chi connectivity index (χ3v) is 6.10. The minimum absolute atomic E-state index is 0.104. The van der Waals surface area contributed by atoms with E-state index in [0.29, 0.717) is 44.3 Å². The molecule has 0 aliphatic heterocycles. The molecule has 5 aromatic rings. The summed E-state index contributed by atoms with van der Waals surface area (Å²) in [6.07, 6.45) is 0. The van der Waals surface area contributed by atoms with Crippen LogP contribution in [0.25, 0.3) is 44.3 Å². The third kappa shape index (κ3) is 3.36. The Morgan fingerprint density at radius 1 is 0.618 bits per heavy atom. The van der Waals surface area contributed by atoms with Crippen molar-refractivity contribution in [3.8, 4) is 22.5 Å². The van der Waals surface area contributed by atoms with Crippen LogP contribution in [0.2, 0.25) is 0 Å². The van der Waals surface area contributed by atoms with Gasteiger partial charge in [-0.1, -0.05) is 60.7 Å². The second kappa shape index (κ2) is 8.08. The van der Waals surface area contributed by atoms with Crippen LogP contribution in [0, 0.1) is 13.8 Å². The average molecular weight is 448 g/mol. The molecule has 0 spiro atoms. The molecule has 6 heteroatoms. The SMILES string of the molecule is Cc1c(-c2ccccc2)nc2cc3nc(-c4ccccc4)c(C)c(C(=O)O)c3cc2c1C(=O)O. The zero-order chi connectivity index (χ0) is 24.0. The number of carbonyl (C=O) groups is 2. The lowest BCUT2D eigenvalue weighted by Crippen LogP contribution is -2.08. The van der Waals surface area contributed by atoms with Crippen LogP contribution in [0.3, 0.4) is 0 Å². The summed E-state index contributed by atoms with van der Waals surface area (Å²) in [5.41, 5.74) is 4.88. The third-order valence-electron chi connectivity index (χ3n) is 6.10. The van der Waals surface area contributed by atoms with Crippen molar-refractivity contribution in [1.82, 2.24) is 9.97 Å². The summed E-state index contributed by atoms with van der Waals surface area (Å²) in [4.78, 5) is 34.2. The molecule has 0 aliphatic rings. The van der Waals surface area contributed by atoms with E-state index in [1.807, 2.05) is 60.7 Å². The summed E-state index contributed by atoms with van der Waals surface area (Å²) in [6, 6.07) is 22.1. The molecule has 3 aromatic carbocycles. The molecular formula is C28H20N2O4. The Morgan fingerprint density at radius 3 is 1.35 bits per heavy atom. The standard InChI is InChI=1S/C28H20N2O4/c1-15-23(27(31)32)19-13-20-22(14-21(19)29-25(15)17-9-5-3-6-10-17)30-26(16(2)24(20)28(33)34)18-11-7-4-8-12-18/h3-14H,1-2H3,(H,31,32)(H,33,34). The monoisotopic (exact) mass is 448 g/mol. The maximum Gasteiger partial charge on any atom is 0.336 e. The molecule has 166 valence electrons. The predicted octanol–water partition coefficient (Wildman–Crippen LogP) is 6.13. The molecule has 5 rings (SSSR count). The highest BCUT2D eigenvalue weighted by Gasteiger charge is 2.23. The Kier molecular flexibility index (Phi) is 5.06. The van der Waals surface area contributed by atoms with E-state index in [0.717, 1.165) is 11.1 Å². The molecule has 0 bridgehead atoms. The number of pyridine rings is 2. The van der Waals surface area contributed by atoms with Gasteiger partial charge in [-0.3, -0.25) is 0 Å². The van der Waals surface area contributed by atoms with Crippen LogP contribution in [0.4, 0.5) is 0 Å². The summed E-state index contributed by atoms with van der Waals surface area (Å²) < 4.78 is 0. The maximum atomic E-state index is 12.3. The summed E-state index contributed by atoms with van der Waals surface area (Å²) in [5.74, 6) is -2.19. The minimum Gasteiger partial charge on any atom is -0.478 e. The molecule has 0 amide bonds. The molecule has 0 saturated carbocycles. The lowest BCUT2D eigenvalue weighted by atomic mass is 9.93. The number of benzene rings is 3. The fourth-order valence-electron chi connectivity index (χ4n) is 4.52. The van der Waals surface area contributed by atoms with Gasteiger partial charge in [-0.15, -0.1) is 0 Å². The van der Waals surface area contributed by atoms with E-state index in [1.165, 1.54) is 0 Å². The van der Waals surface area contributed by atoms with E-state index in [4.69, 9.17) is 9.97 Å². The number of aromatic carboxylic acids is 2. The number of fused-ring (bicyclic) bond motifs is 2. The first kappa shape index (κ1) is 21.3. The molecule has 0 atom stereocenters. The fourth-order valence-corrected chi connectivity index (χ4v) is 4.52. The van der Waals surface area contributed by atoms with Crippen LogP contribution < -0.4 is 0 Å². The lowest BCUT2D eigenvalue weighted by Gasteiger charge is -2.16. The van der Waals surface area contributed by atoms with Crippen LogP contribution in [0.15, 0.2) is 72.8 Å². The number of nitrogens with zero attached hydrogens (tertiary/aromatic N) is 2. The first-order chi connectivity index (χ1) is 16.4. The minimum atomic E-state index is -1.09. The van der Waals surface area contributed by atoms with E-state index >= 15 is 0 Å². The van der Waals surface area contributed by atoms with E-state index < -0.39 is 11.9 Å². The Balaban J connectivity index is 1.92. The van der Waals surface area contributed by atoms with Gasteiger partial charge in [-0.05, 0) is 37.1 Å². The van der Waals surface area contributed by atoms with Gasteiger partial charge in [-0.25, -0.2) is 19.6 Å². The molecule has 6 nitrogen and oxygen atoms in total. The number of carboxylic acids is 2. The van der Waals surface area contributed by atoms with Crippen LogP contribution in [0.5, 0.6) is 0 Å². The van der Waals surface area contributed by atoms with Gasteiger partial charge in [0.1, 0.15) is 0 Å². The molecule has 2 heterocycles. The van der Waals surface area contributed by atoms with Crippen molar-refractivity contribution in [2.75, 3.05) is 0 Å². The molecule has 0 radical (unpaired) electrons. The van der Waals surface area contributed by atoms with Crippen LogP contribution in [0.1, 0.15) is 31.8 Å². The summed E-state index contributed by atoms with van der Waals surface area (Å²) in [6.45, 7) is 3.45. The van der Waals surface area contributed by atoms with Crippen molar-refractivity contribution >= 4 is 33.7 Å². The summed E-state index contributed by atoms with van der Waals surface area (Å²) >= 11 is 0. The van der Waals surface area contributed by atoms with Gasteiger partial charge >= 0.3 is 11.9 Å². The molecule has 0 unspecified atom stereocenters. The Labute approximate surface area is 195 Å². The largest absolute Gasteiger partial charge is 0.478 e. The Morgan fingerprint density at radius 2 is 1.00 bits per heavy atom. The van der Waals surface area contributed by atoms with Crippen molar-refractivity contribution in [1.29, 1.82) is 0 Å². The van der Waals surface area contributed by atoms with Crippen molar-refractivity contribution in [2.45, 2.75) is 13.8 Å². The number of carboxylic acid groups (broad SMARTS) is 2. The second-order valence-electron chi connectivity index (χ2n) is 8.15. The molecule has 2 N–H and O–H groups in total. The fraction of sp³-hybridized carbons (Fsp3) is 0.0714.